The molecule has 1 saturated heterocycles. The number of carbonyl (C=O) groups excluding carboxylic acids is 2. The molecule has 1 amide bonds. The topological polar surface area (TPSA) is 66.8 Å². The van der Waals surface area contributed by atoms with Gasteiger partial charge >= 0.3 is 0 Å². The van der Waals surface area contributed by atoms with Crippen molar-refractivity contribution in [2.75, 3.05) is 7.11 Å². The molecule has 5 nitrogen and oxygen atoms in total. The number of hydrogen-bond donors (Lipinski definition) is 1. The van der Waals surface area contributed by atoms with Crippen LogP contribution in [-0.4, -0.2) is 34.8 Å². The molecule has 6 heteroatoms. The number of carbonyl (C=O) groups is 2. The molecule has 31 heavy (non-hydrogen) atoms. The fourth-order valence-corrected chi connectivity index (χ4v) is 4.95. The summed E-state index contributed by atoms with van der Waals surface area (Å²) in [4.78, 5) is 28.2. The van der Waals surface area contributed by atoms with E-state index in [0.29, 0.717) is 5.75 Å². The summed E-state index contributed by atoms with van der Waals surface area (Å²) in [5.41, 5.74) is 2.16. The lowest BCUT2D eigenvalue weighted by Gasteiger charge is -2.36. The summed E-state index contributed by atoms with van der Waals surface area (Å²) in [5.74, 6) is -0.996. The van der Waals surface area contributed by atoms with E-state index >= 15 is 0 Å². The van der Waals surface area contributed by atoms with Crippen LogP contribution in [0.3, 0.4) is 0 Å². The maximum absolute atomic E-state index is 13.3. The largest absolute Gasteiger partial charge is 0.507 e. The number of methoxy groups -OCH3 is 1. The van der Waals surface area contributed by atoms with Crippen molar-refractivity contribution in [1.29, 1.82) is 0 Å². The average molecular weight is 440 g/mol. The Morgan fingerprint density at radius 2 is 1.81 bits per heavy atom. The van der Waals surface area contributed by atoms with Crippen LogP contribution in [0.5, 0.6) is 5.75 Å². The first kappa shape index (κ1) is 21.4. The van der Waals surface area contributed by atoms with Gasteiger partial charge in [-0.15, -0.1) is 0 Å². The number of amides is 1. The van der Waals surface area contributed by atoms with Crippen LogP contribution in [-0.2, 0) is 9.59 Å². The second kappa shape index (κ2) is 8.75. The van der Waals surface area contributed by atoms with E-state index in [4.69, 9.17) is 16.3 Å². The van der Waals surface area contributed by atoms with Gasteiger partial charge in [-0.1, -0.05) is 55.1 Å². The Bertz CT molecular complexity index is 1060. The number of benzene rings is 2. The number of rotatable bonds is 4. The summed E-state index contributed by atoms with van der Waals surface area (Å²) in [6.45, 7) is 1.95. The lowest BCUT2D eigenvalue weighted by Crippen LogP contribution is -2.40. The molecule has 162 valence electrons. The summed E-state index contributed by atoms with van der Waals surface area (Å²) >= 11 is 6.36. The van der Waals surface area contributed by atoms with Gasteiger partial charge in [-0.05, 0) is 49.1 Å². The third-order valence-electron chi connectivity index (χ3n) is 6.36. The Kier molecular flexibility index (Phi) is 6.05. The standard InChI is InChI=1S/C25H26ClNO4/c1-15-8-6-7-11-18(15)22-21(23(28)19-14-17(31-2)12-13-20(19)26)24(29)25(30)27(22)16-9-4-3-5-10-16/h6-8,11-14,16,22,28H,3-5,9-10H2,1-2H3/b23-21+. The minimum absolute atomic E-state index is 0.0270. The number of aliphatic hydroxyl groups excluding tert-OH is 1. The molecular formula is C25H26ClNO4. The highest BCUT2D eigenvalue weighted by Crippen LogP contribution is 2.44. The van der Waals surface area contributed by atoms with Crippen molar-refractivity contribution < 1.29 is 19.4 Å². The SMILES string of the molecule is COc1ccc(Cl)c(/C(O)=C2\C(=O)C(=O)N(C3CCCCC3)C2c2ccccc2C)c1. The zero-order valence-electron chi connectivity index (χ0n) is 17.7. The van der Waals surface area contributed by atoms with Crippen LogP contribution in [0.25, 0.3) is 5.76 Å². The van der Waals surface area contributed by atoms with Crippen LogP contribution in [0.2, 0.25) is 5.02 Å². The van der Waals surface area contributed by atoms with Gasteiger partial charge in [0.05, 0.1) is 23.7 Å². The maximum atomic E-state index is 13.3. The highest BCUT2D eigenvalue weighted by atomic mass is 35.5. The van der Waals surface area contributed by atoms with Crippen LogP contribution in [0.1, 0.15) is 54.8 Å². The van der Waals surface area contributed by atoms with Crippen LogP contribution in [0.15, 0.2) is 48.0 Å². The normalized spacial score (nSPS) is 21.5. The van der Waals surface area contributed by atoms with Crippen LogP contribution in [0, 0.1) is 6.92 Å². The van der Waals surface area contributed by atoms with Gasteiger partial charge in [0.2, 0.25) is 0 Å². The Morgan fingerprint density at radius 1 is 1.10 bits per heavy atom. The van der Waals surface area contributed by atoms with E-state index in [1.165, 1.54) is 7.11 Å². The summed E-state index contributed by atoms with van der Waals surface area (Å²) in [6.07, 6.45) is 4.89. The number of Topliss-reactive ketones (excluding diaryl/α,β-unsaturated/α-hetero) is 1. The molecule has 0 spiro atoms. The number of nitrogens with zero attached hydrogens (tertiary/aromatic N) is 1. The van der Waals surface area contributed by atoms with Gasteiger partial charge in [0.25, 0.3) is 11.7 Å². The number of ketones is 1. The Morgan fingerprint density at radius 3 is 2.48 bits per heavy atom. The number of ether oxygens (including phenoxy) is 1. The monoisotopic (exact) mass is 439 g/mol. The minimum atomic E-state index is -0.671. The molecule has 1 saturated carbocycles. The minimum Gasteiger partial charge on any atom is -0.507 e. The number of aryl methyl sites for hydroxylation is 1. The molecule has 2 aliphatic rings. The Balaban J connectivity index is 1.93. The fourth-order valence-electron chi connectivity index (χ4n) is 4.74. The molecule has 1 N–H and O–H groups in total. The van der Waals surface area contributed by atoms with E-state index in [-0.39, 0.29) is 28.0 Å². The Labute approximate surface area is 187 Å². The Hall–Kier alpha value is -2.79. The van der Waals surface area contributed by atoms with Gasteiger partial charge in [-0.2, -0.15) is 0 Å². The van der Waals surface area contributed by atoms with Crippen LogP contribution < -0.4 is 4.74 Å². The molecule has 0 radical (unpaired) electrons. The van der Waals surface area contributed by atoms with Crippen molar-refractivity contribution in [3.63, 3.8) is 0 Å². The summed E-state index contributed by atoms with van der Waals surface area (Å²) in [5, 5.41) is 11.6. The third-order valence-corrected chi connectivity index (χ3v) is 6.69. The predicted molar refractivity (Wildman–Crippen MR) is 120 cm³/mol. The lowest BCUT2D eigenvalue weighted by molar-refractivity contribution is -0.141. The summed E-state index contributed by atoms with van der Waals surface area (Å²) < 4.78 is 5.26. The smallest absolute Gasteiger partial charge is 0.295 e. The average Bonchev–Trinajstić information content (AvgIpc) is 3.05. The van der Waals surface area contributed by atoms with Gasteiger partial charge in [-0.25, -0.2) is 0 Å². The van der Waals surface area contributed by atoms with Crippen molar-refractivity contribution in [2.45, 2.75) is 51.1 Å². The molecule has 1 heterocycles. The molecule has 1 aliphatic carbocycles. The molecule has 1 unspecified atom stereocenters. The molecule has 0 bridgehead atoms. The van der Waals surface area contributed by atoms with Gasteiger partial charge < -0.3 is 14.7 Å². The van der Waals surface area contributed by atoms with E-state index in [1.807, 2.05) is 31.2 Å². The third kappa shape index (κ3) is 3.83. The second-order valence-corrected chi connectivity index (χ2v) is 8.61. The molecule has 0 aromatic heterocycles. The molecule has 2 fully saturated rings. The van der Waals surface area contributed by atoms with Crippen molar-refractivity contribution in [3.05, 3.63) is 69.8 Å². The first-order valence-electron chi connectivity index (χ1n) is 10.6. The van der Waals surface area contributed by atoms with E-state index in [0.717, 1.165) is 43.2 Å². The number of aliphatic hydroxyl groups is 1. The van der Waals surface area contributed by atoms with Gasteiger partial charge in [0.15, 0.2) is 0 Å². The van der Waals surface area contributed by atoms with E-state index < -0.39 is 17.7 Å². The predicted octanol–water partition coefficient (Wildman–Crippen LogP) is 5.41. The lowest BCUT2D eigenvalue weighted by atomic mass is 9.89. The number of likely N-dealkylation sites (tertiary alicyclic amines) is 1. The number of halogens is 1. The molecular weight excluding hydrogens is 414 g/mol. The van der Waals surface area contributed by atoms with Crippen LogP contribution >= 0.6 is 11.6 Å². The number of hydrogen-bond acceptors (Lipinski definition) is 4. The first-order chi connectivity index (χ1) is 14.9. The van der Waals surface area contributed by atoms with E-state index in [1.54, 1.807) is 23.1 Å². The van der Waals surface area contributed by atoms with Crippen molar-refractivity contribution >= 4 is 29.1 Å². The van der Waals surface area contributed by atoms with E-state index in [2.05, 4.69) is 0 Å². The molecule has 2 aromatic rings. The molecule has 1 aliphatic heterocycles. The van der Waals surface area contributed by atoms with Gasteiger partial charge in [0.1, 0.15) is 11.5 Å². The molecule has 2 aromatic carbocycles. The second-order valence-electron chi connectivity index (χ2n) is 8.20. The molecule has 4 rings (SSSR count). The van der Waals surface area contributed by atoms with Crippen LogP contribution in [0.4, 0.5) is 0 Å². The van der Waals surface area contributed by atoms with Gasteiger partial charge in [0, 0.05) is 11.6 Å². The highest BCUT2D eigenvalue weighted by molar-refractivity contribution is 6.47. The van der Waals surface area contributed by atoms with Crippen molar-refractivity contribution in [2.24, 2.45) is 0 Å². The zero-order chi connectivity index (χ0) is 22.1. The summed E-state index contributed by atoms with van der Waals surface area (Å²) in [7, 11) is 1.52. The van der Waals surface area contributed by atoms with Gasteiger partial charge in [-0.3, -0.25) is 9.59 Å². The van der Waals surface area contributed by atoms with Crippen molar-refractivity contribution in [1.82, 2.24) is 4.90 Å². The maximum Gasteiger partial charge on any atom is 0.295 e. The summed E-state index contributed by atoms with van der Waals surface area (Å²) in [6, 6.07) is 11.9. The van der Waals surface area contributed by atoms with Crippen molar-refractivity contribution in [3.8, 4) is 5.75 Å². The quantitative estimate of drug-likeness (QED) is 0.393. The fraction of sp³-hybridized carbons (Fsp3) is 0.360. The first-order valence-corrected chi connectivity index (χ1v) is 11.0. The zero-order valence-corrected chi connectivity index (χ0v) is 18.5. The highest BCUT2D eigenvalue weighted by Gasteiger charge is 2.49. The molecule has 1 atom stereocenters. The van der Waals surface area contributed by atoms with E-state index in [9.17, 15) is 14.7 Å².